The highest BCUT2D eigenvalue weighted by Crippen LogP contribution is 2.28. The maximum atomic E-state index is 12.3. The molecule has 0 spiro atoms. The summed E-state index contributed by atoms with van der Waals surface area (Å²) in [4.78, 5) is 26.2. The summed E-state index contributed by atoms with van der Waals surface area (Å²) in [5.41, 5.74) is 2.09. The Balaban J connectivity index is 0.00000264. The van der Waals surface area contributed by atoms with Crippen molar-refractivity contribution >= 4 is 29.9 Å². The van der Waals surface area contributed by atoms with Crippen LogP contribution in [0.25, 0.3) is 0 Å². The van der Waals surface area contributed by atoms with E-state index in [1.54, 1.807) is 4.90 Å². The van der Waals surface area contributed by atoms with Gasteiger partial charge in [-0.05, 0) is 24.6 Å². The van der Waals surface area contributed by atoms with E-state index in [-0.39, 0.29) is 30.1 Å². The van der Waals surface area contributed by atoms with Crippen LogP contribution in [0.15, 0.2) is 24.3 Å². The molecule has 128 valence electrons. The Morgan fingerprint density at radius 3 is 2.70 bits per heavy atom. The summed E-state index contributed by atoms with van der Waals surface area (Å²) in [5, 5.41) is 6.06. The molecule has 1 aliphatic heterocycles. The fraction of sp³-hybridized carbons (Fsp3) is 0.529. The largest absolute Gasteiger partial charge is 0.355 e. The average Bonchev–Trinajstić information content (AvgIpc) is 2.93. The molecule has 1 aromatic carbocycles. The minimum absolute atomic E-state index is 0. The summed E-state index contributed by atoms with van der Waals surface area (Å²) in [7, 11) is 0. The maximum Gasteiger partial charge on any atom is 0.227 e. The molecule has 5 nitrogen and oxygen atoms in total. The van der Waals surface area contributed by atoms with E-state index < -0.39 is 0 Å². The summed E-state index contributed by atoms with van der Waals surface area (Å²) in [5.74, 6) is -0.241. The van der Waals surface area contributed by atoms with E-state index in [4.69, 9.17) is 0 Å². The van der Waals surface area contributed by atoms with Gasteiger partial charge in [-0.25, -0.2) is 0 Å². The van der Waals surface area contributed by atoms with Crippen molar-refractivity contribution in [2.24, 2.45) is 5.92 Å². The van der Waals surface area contributed by atoms with Gasteiger partial charge in [0.15, 0.2) is 0 Å². The minimum Gasteiger partial charge on any atom is -0.355 e. The highest BCUT2D eigenvalue weighted by molar-refractivity contribution is 6.00. The molecule has 0 aliphatic carbocycles. The predicted octanol–water partition coefficient (Wildman–Crippen LogP) is 1.75. The van der Waals surface area contributed by atoms with E-state index in [2.05, 4.69) is 17.6 Å². The van der Waals surface area contributed by atoms with Crippen molar-refractivity contribution in [3.05, 3.63) is 29.8 Å². The van der Waals surface area contributed by atoms with E-state index in [9.17, 15) is 9.59 Å². The molecule has 0 bridgehead atoms. The third-order valence-electron chi connectivity index (χ3n) is 4.01. The molecule has 23 heavy (non-hydrogen) atoms. The Bertz CT molecular complexity index is 536. The van der Waals surface area contributed by atoms with Crippen LogP contribution in [-0.4, -0.2) is 38.0 Å². The Morgan fingerprint density at radius 1 is 1.26 bits per heavy atom. The molecule has 1 aliphatic rings. The van der Waals surface area contributed by atoms with E-state index in [0.717, 1.165) is 30.8 Å². The van der Waals surface area contributed by atoms with Crippen LogP contribution >= 0.6 is 12.4 Å². The monoisotopic (exact) mass is 339 g/mol. The van der Waals surface area contributed by atoms with Crippen LogP contribution in [0, 0.1) is 5.92 Å². The zero-order chi connectivity index (χ0) is 15.9. The molecule has 1 unspecified atom stereocenters. The Morgan fingerprint density at radius 2 is 2.00 bits per heavy atom. The second-order valence-corrected chi connectivity index (χ2v) is 5.53. The van der Waals surface area contributed by atoms with Gasteiger partial charge in [0.25, 0.3) is 0 Å². The van der Waals surface area contributed by atoms with Crippen molar-refractivity contribution < 1.29 is 9.59 Å². The van der Waals surface area contributed by atoms with Gasteiger partial charge in [-0.15, -0.1) is 12.4 Å². The van der Waals surface area contributed by atoms with E-state index in [0.29, 0.717) is 19.5 Å². The summed E-state index contributed by atoms with van der Waals surface area (Å²) in [6.45, 7) is 6.82. The number of anilines is 1. The number of carbonyl (C=O) groups is 2. The van der Waals surface area contributed by atoms with Crippen molar-refractivity contribution in [1.82, 2.24) is 10.6 Å². The zero-order valence-electron chi connectivity index (χ0n) is 13.8. The standard InChI is InChI=1S/C17H25N3O2.ClH/c1-3-13-7-5-6-8-15(13)20-12-14(11-16(20)21)17(22)19-10-9-18-4-2;/h5-8,14,18H,3-4,9-12H2,1-2H3,(H,19,22);1H. The third-order valence-corrected chi connectivity index (χ3v) is 4.01. The maximum absolute atomic E-state index is 12.3. The van der Waals surface area contributed by atoms with Crippen LogP contribution in [0.5, 0.6) is 0 Å². The number of hydrogen-bond acceptors (Lipinski definition) is 3. The number of amides is 2. The highest BCUT2D eigenvalue weighted by Gasteiger charge is 2.35. The number of nitrogens with one attached hydrogen (secondary N) is 2. The lowest BCUT2D eigenvalue weighted by molar-refractivity contribution is -0.126. The smallest absolute Gasteiger partial charge is 0.227 e. The Hall–Kier alpha value is -1.59. The molecule has 1 heterocycles. The van der Waals surface area contributed by atoms with Crippen LogP contribution < -0.4 is 15.5 Å². The van der Waals surface area contributed by atoms with Crippen LogP contribution in [0.3, 0.4) is 0 Å². The Labute approximate surface area is 144 Å². The van der Waals surface area contributed by atoms with Gasteiger partial charge in [0.2, 0.25) is 11.8 Å². The first-order chi connectivity index (χ1) is 10.7. The molecule has 6 heteroatoms. The summed E-state index contributed by atoms with van der Waals surface area (Å²) < 4.78 is 0. The second-order valence-electron chi connectivity index (χ2n) is 5.53. The van der Waals surface area contributed by atoms with Crippen molar-refractivity contribution in [1.29, 1.82) is 0 Å². The lowest BCUT2D eigenvalue weighted by Crippen LogP contribution is -2.37. The molecule has 2 rings (SSSR count). The van der Waals surface area contributed by atoms with Crippen molar-refractivity contribution in [2.45, 2.75) is 26.7 Å². The summed E-state index contributed by atoms with van der Waals surface area (Å²) >= 11 is 0. The van der Waals surface area contributed by atoms with Gasteiger partial charge in [0, 0.05) is 31.7 Å². The van der Waals surface area contributed by atoms with Crippen molar-refractivity contribution in [3.63, 3.8) is 0 Å². The topological polar surface area (TPSA) is 61.4 Å². The molecular weight excluding hydrogens is 314 g/mol. The molecular formula is C17H26ClN3O2. The van der Waals surface area contributed by atoms with Gasteiger partial charge in [-0.1, -0.05) is 32.0 Å². The number of aryl methyl sites for hydroxylation is 1. The molecule has 1 saturated heterocycles. The number of benzene rings is 1. The van der Waals surface area contributed by atoms with Crippen molar-refractivity contribution in [3.8, 4) is 0 Å². The Kier molecular flexibility index (Phi) is 8.06. The van der Waals surface area contributed by atoms with Crippen LogP contribution in [0.4, 0.5) is 5.69 Å². The molecule has 0 radical (unpaired) electrons. The fourth-order valence-electron chi connectivity index (χ4n) is 2.78. The summed E-state index contributed by atoms with van der Waals surface area (Å²) in [6.07, 6.45) is 1.17. The first-order valence-electron chi connectivity index (χ1n) is 8.04. The van der Waals surface area contributed by atoms with Gasteiger partial charge in [0.05, 0.1) is 5.92 Å². The van der Waals surface area contributed by atoms with Gasteiger partial charge in [-0.2, -0.15) is 0 Å². The molecule has 1 atom stereocenters. The fourth-order valence-corrected chi connectivity index (χ4v) is 2.78. The number of hydrogen-bond donors (Lipinski definition) is 2. The van der Waals surface area contributed by atoms with Gasteiger partial charge in [-0.3, -0.25) is 9.59 Å². The molecule has 2 amide bonds. The van der Waals surface area contributed by atoms with E-state index >= 15 is 0 Å². The normalized spacial score (nSPS) is 17.0. The average molecular weight is 340 g/mol. The first kappa shape index (κ1) is 19.5. The van der Waals surface area contributed by atoms with E-state index in [1.807, 2.05) is 31.2 Å². The first-order valence-corrected chi connectivity index (χ1v) is 8.04. The van der Waals surface area contributed by atoms with Crippen molar-refractivity contribution in [2.75, 3.05) is 31.1 Å². The predicted molar refractivity (Wildman–Crippen MR) is 95.1 cm³/mol. The minimum atomic E-state index is -0.251. The van der Waals surface area contributed by atoms with Gasteiger partial charge in [0.1, 0.15) is 0 Å². The second kappa shape index (κ2) is 9.53. The third kappa shape index (κ3) is 4.94. The number of para-hydroxylation sites is 1. The highest BCUT2D eigenvalue weighted by atomic mass is 35.5. The zero-order valence-corrected chi connectivity index (χ0v) is 14.6. The molecule has 1 aromatic rings. The molecule has 2 N–H and O–H groups in total. The molecule has 0 aromatic heterocycles. The molecule has 1 fully saturated rings. The number of rotatable bonds is 7. The van der Waals surface area contributed by atoms with Gasteiger partial charge >= 0.3 is 0 Å². The number of halogens is 1. The molecule has 0 saturated carbocycles. The van der Waals surface area contributed by atoms with E-state index in [1.165, 1.54) is 0 Å². The number of likely N-dealkylation sites (N-methyl/N-ethyl adjacent to an activating group) is 1. The van der Waals surface area contributed by atoms with Crippen LogP contribution in [0.2, 0.25) is 0 Å². The van der Waals surface area contributed by atoms with Crippen LogP contribution in [0.1, 0.15) is 25.8 Å². The number of nitrogens with zero attached hydrogens (tertiary/aromatic N) is 1. The summed E-state index contributed by atoms with van der Waals surface area (Å²) in [6, 6.07) is 7.91. The van der Waals surface area contributed by atoms with Crippen LogP contribution in [-0.2, 0) is 16.0 Å². The lowest BCUT2D eigenvalue weighted by Gasteiger charge is -2.20. The quantitative estimate of drug-likeness (QED) is 0.744. The van der Waals surface area contributed by atoms with Gasteiger partial charge < -0.3 is 15.5 Å². The SMILES string of the molecule is CCNCCNC(=O)C1CC(=O)N(c2ccccc2CC)C1.Cl. The lowest BCUT2D eigenvalue weighted by atomic mass is 10.1. The number of carbonyl (C=O) groups excluding carboxylic acids is 2.